The Morgan fingerprint density at radius 1 is 1.20 bits per heavy atom. The summed E-state index contributed by atoms with van der Waals surface area (Å²) in [6, 6.07) is 0. The Balaban J connectivity index is 0.00000312. The summed E-state index contributed by atoms with van der Waals surface area (Å²) in [7, 11) is 1.82. The maximum Gasteiger partial charge on any atom is 0.191 e. The van der Waals surface area contributed by atoms with E-state index in [1.807, 2.05) is 13.2 Å². The van der Waals surface area contributed by atoms with Gasteiger partial charge < -0.3 is 20.4 Å². The number of aliphatic imine (C=N–C) groups is 1. The highest BCUT2D eigenvalue weighted by molar-refractivity contribution is 14.0. The summed E-state index contributed by atoms with van der Waals surface area (Å²) in [6.45, 7) is 13.3. The van der Waals surface area contributed by atoms with Gasteiger partial charge in [0.2, 0.25) is 0 Å². The Labute approximate surface area is 173 Å². The molecule has 0 amide bonds. The molecule has 1 aliphatic heterocycles. The topological polar surface area (TPSA) is 55.8 Å². The molecule has 2 N–H and O–H groups in total. The van der Waals surface area contributed by atoms with Crippen LogP contribution in [0.3, 0.4) is 0 Å². The van der Waals surface area contributed by atoms with Gasteiger partial charge in [0.15, 0.2) is 5.96 Å². The molecule has 2 rings (SSSR count). The van der Waals surface area contributed by atoms with Crippen LogP contribution in [0.25, 0.3) is 0 Å². The number of guanidine groups is 1. The van der Waals surface area contributed by atoms with Gasteiger partial charge in [0.25, 0.3) is 0 Å². The van der Waals surface area contributed by atoms with Gasteiger partial charge in [-0.1, -0.05) is 6.92 Å². The van der Waals surface area contributed by atoms with Crippen molar-refractivity contribution in [1.82, 2.24) is 25.4 Å². The Kier molecular flexibility index (Phi) is 11.6. The molecule has 1 saturated heterocycles. The largest absolute Gasteiger partial charge is 0.356 e. The Morgan fingerprint density at radius 3 is 2.52 bits per heavy atom. The lowest BCUT2D eigenvalue weighted by molar-refractivity contribution is 0.136. The van der Waals surface area contributed by atoms with E-state index in [-0.39, 0.29) is 24.0 Å². The summed E-state index contributed by atoms with van der Waals surface area (Å²) < 4.78 is 0. The summed E-state index contributed by atoms with van der Waals surface area (Å²) >= 11 is 1.72. The summed E-state index contributed by atoms with van der Waals surface area (Å²) in [5, 5.41) is 7.81. The van der Waals surface area contributed by atoms with E-state index in [0.717, 1.165) is 24.1 Å². The molecular weight excluding hydrogens is 447 g/mol. The van der Waals surface area contributed by atoms with Gasteiger partial charge in [-0.2, -0.15) is 0 Å². The van der Waals surface area contributed by atoms with Gasteiger partial charge in [-0.25, -0.2) is 4.98 Å². The number of thiazole rings is 1. The molecule has 1 aromatic rings. The second-order valence-corrected chi connectivity index (χ2v) is 7.52. The molecule has 6 nitrogen and oxygen atoms in total. The van der Waals surface area contributed by atoms with Crippen molar-refractivity contribution in [2.75, 3.05) is 52.9 Å². The van der Waals surface area contributed by atoms with E-state index >= 15 is 0 Å². The van der Waals surface area contributed by atoms with Gasteiger partial charge in [-0.05, 0) is 32.9 Å². The van der Waals surface area contributed by atoms with E-state index in [1.54, 1.807) is 11.3 Å². The van der Waals surface area contributed by atoms with Crippen LogP contribution in [0.4, 0.5) is 0 Å². The van der Waals surface area contributed by atoms with Crippen molar-refractivity contribution in [2.45, 2.75) is 33.2 Å². The van der Waals surface area contributed by atoms with Gasteiger partial charge in [-0.15, -0.1) is 35.3 Å². The third-order valence-electron chi connectivity index (χ3n) is 4.41. The van der Waals surface area contributed by atoms with Crippen molar-refractivity contribution in [3.05, 3.63) is 16.1 Å². The molecule has 0 radical (unpaired) electrons. The van der Waals surface area contributed by atoms with Crippen molar-refractivity contribution in [3.8, 4) is 0 Å². The van der Waals surface area contributed by atoms with Crippen LogP contribution in [-0.2, 0) is 6.54 Å². The van der Waals surface area contributed by atoms with Gasteiger partial charge in [0.05, 0.1) is 6.54 Å². The standard InChI is InChI=1S/C17H32N6S.HI/c1-4-22-9-11-23(12-10-22)8-6-5-7-19-17(18-3)21-14-16-20-13-15(2)24-16;/h13H,4-12,14H2,1-3H3,(H2,18,19,21);1H. The molecule has 0 aliphatic carbocycles. The normalized spacial score (nSPS) is 16.5. The Bertz CT molecular complexity index is 499. The Morgan fingerprint density at radius 2 is 1.92 bits per heavy atom. The molecule has 0 saturated carbocycles. The predicted molar refractivity (Wildman–Crippen MR) is 118 cm³/mol. The van der Waals surface area contributed by atoms with Crippen LogP contribution in [-0.4, -0.2) is 73.6 Å². The average molecular weight is 480 g/mol. The fourth-order valence-corrected chi connectivity index (χ4v) is 3.59. The van der Waals surface area contributed by atoms with Gasteiger partial charge in [0.1, 0.15) is 5.01 Å². The first-order valence-electron chi connectivity index (χ1n) is 9.01. The van der Waals surface area contributed by atoms with Gasteiger partial charge in [0, 0.05) is 50.8 Å². The number of nitrogens with zero attached hydrogens (tertiary/aromatic N) is 4. The smallest absolute Gasteiger partial charge is 0.191 e. The Hall–Kier alpha value is -0.450. The van der Waals surface area contributed by atoms with Crippen molar-refractivity contribution in [3.63, 3.8) is 0 Å². The highest BCUT2D eigenvalue weighted by Crippen LogP contribution is 2.10. The molecule has 1 fully saturated rings. The monoisotopic (exact) mass is 480 g/mol. The molecule has 25 heavy (non-hydrogen) atoms. The van der Waals surface area contributed by atoms with Crippen LogP contribution >= 0.6 is 35.3 Å². The predicted octanol–water partition coefficient (Wildman–Crippen LogP) is 2.15. The minimum Gasteiger partial charge on any atom is -0.356 e. The van der Waals surface area contributed by atoms with E-state index in [9.17, 15) is 0 Å². The first-order chi connectivity index (χ1) is 11.7. The third-order valence-corrected chi connectivity index (χ3v) is 5.32. The second-order valence-electron chi connectivity index (χ2n) is 6.20. The summed E-state index contributed by atoms with van der Waals surface area (Å²) in [6.07, 6.45) is 4.32. The number of piperazine rings is 1. The number of unbranched alkanes of at least 4 members (excludes halogenated alkanes) is 1. The minimum atomic E-state index is 0. The number of aromatic nitrogens is 1. The molecule has 0 spiro atoms. The SMILES string of the molecule is CCN1CCN(CCCCNC(=NC)NCc2ncc(C)s2)CC1.I. The third kappa shape index (κ3) is 8.65. The maximum absolute atomic E-state index is 4.36. The zero-order valence-corrected chi connectivity index (χ0v) is 18.9. The number of halogens is 1. The first-order valence-corrected chi connectivity index (χ1v) is 9.83. The van der Waals surface area contributed by atoms with Crippen LogP contribution in [0.2, 0.25) is 0 Å². The molecule has 1 aromatic heterocycles. The van der Waals surface area contributed by atoms with Crippen molar-refractivity contribution >= 4 is 41.3 Å². The summed E-state index contributed by atoms with van der Waals surface area (Å²) in [4.78, 5) is 15.0. The quantitative estimate of drug-likeness (QED) is 0.259. The lowest BCUT2D eigenvalue weighted by Gasteiger charge is -2.34. The van der Waals surface area contributed by atoms with Crippen molar-refractivity contribution < 1.29 is 0 Å². The number of hydrogen-bond donors (Lipinski definition) is 2. The van der Waals surface area contributed by atoms with Crippen LogP contribution in [0.5, 0.6) is 0 Å². The lowest BCUT2D eigenvalue weighted by Crippen LogP contribution is -2.46. The molecule has 2 heterocycles. The molecular formula is C17H33IN6S. The molecule has 0 bridgehead atoms. The van der Waals surface area contributed by atoms with E-state index < -0.39 is 0 Å². The molecule has 0 unspecified atom stereocenters. The van der Waals surface area contributed by atoms with Gasteiger partial charge >= 0.3 is 0 Å². The molecule has 8 heteroatoms. The fraction of sp³-hybridized carbons (Fsp3) is 0.765. The summed E-state index contributed by atoms with van der Waals surface area (Å²) in [5.74, 6) is 0.861. The zero-order chi connectivity index (χ0) is 17.2. The van der Waals surface area contributed by atoms with Crippen LogP contribution < -0.4 is 10.6 Å². The van der Waals surface area contributed by atoms with Gasteiger partial charge in [-0.3, -0.25) is 4.99 Å². The zero-order valence-electron chi connectivity index (χ0n) is 15.8. The molecule has 144 valence electrons. The van der Waals surface area contributed by atoms with E-state index in [0.29, 0.717) is 0 Å². The maximum atomic E-state index is 4.36. The van der Waals surface area contributed by atoms with Crippen molar-refractivity contribution in [1.29, 1.82) is 0 Å². The highest BCUT2D eigenvalue weighted by atomic mass is 127. The molecule has 0 aromatic carbocycles. The van der Waals surface area contributed by atoms with E-state index in [2.05, 4.69) is 44.3 Å². The molecule has 0 atom stereocenters. The minimum absolute atomic E-state index is 0. The lowest BCUT2D eigenvalue weighted by atomic mass is 10.2. The number of aryl methyl sites for hydroxylation is 1. The molecule has 1 aliphatic rings. The number of nitrogens with one attached hydrogen (secondary N) is 2. The highest BCUT2D eigenvalue weighted by Gasteiger charge is 2.14. The van der Waals surface area contributed by atoms with E-state index in [1.165, 1.54) is 57.0 Å². The second kappa shape index (κ2) is 12.8. The number of rotatable bonds is 8. The fourth-order valence-electron chi connectivity index (χ4n) is 2.86. The number of likely N-dealkylation sites (N-methyl/N-ethyl adjacent to an activating group) is 1. The van der Waals surface area contributed by atoms with Crippen LogP contribution in [0, 0.1) is 6.92 Å². The number of hydrogen-bond acceptors (Lipinski definition) is 5. The van der Waals surface area contributed by atoms with Crippen molar-refractivity contribution in [2.24, 2.45) is 4.99 Å². The van der Waals surface area contributed by atoms with Crippen LogP contribution in [0.1, 0.15) is 29.7 Å². The summed E-state index contributed by atoms with van der Waals surface area (Å²) in [5.41, 5.74) is 0. The average Bonchev–Trinajstić information content (AvgIpc) is 3.03. The first kappa shape index (κ1) is 22.6. The van der Waals surface area contributed by atoms with E-state index in [4.69, 9.17) is 0 Å². The van der Waals surface area contributed by atoms with Crippen LogP contribution in [0.15, 0.2) is 11.2 Å².